The Labute approximate surface area is 161 Å². The second kappa shape index (κ2) is 8.10. The molecule has 0 fully saturated rings. The molecule has 2 aromatic rings. The molecule has 0 aliphatic rings. The predicted octanol–water partition coefficient (Wildman–Crippen LogP) is 3.62. The van der Waals surface area contributed by atoms with Crippen LogP contribution >= 0.6 is 0 Å². The molecule has 0 bridgehead atoms. The van der Waals surface area contributed by atoms with Crippen LogP contribution in [-0.2, 0) is 14.8 Å². The Hall–Kier alpha value is -2.38. The van der Waals surface area contributed by atoms with Gasteiger partial charge in [-0.05, 0) is 68.1 Å². The number of carbonyl (C=O) groups excluding carboxylic acids is 1. The minimum absolute atomic E-state index is 0.0559. The average Bonchev–Trinajstić information content (AvgIpc) is 2.57. The molecule has 2 rings (SSSR count). The monoisotopic (exact) mass is 390 g/mol. The Morgan fingerprint density at radius 2 is 1.67 bits per heavy atom. The van der Waals surface area contributed by atoms with Crippen LogP contribution in [0.3, 0.4) is 0 Å². The van der Waals surface area contributed by atoms with Crippen molar-refractivity contribution in [1.82, 2.24) is 4.72 Å². The molecule has 7 heteroatoms. The molecule has 0 radical (unpaired) electrons. The van der Waals surface area contributed by atoms with Crippen molar-refractivity contribution in [1.29, 1.82) is 0 Å². The summed E-state index contributed by atoms with van der Waals surface area (Å²) in [6, 6.07) is 8.02. The van der Waals surface area contributed by atoms with E-state index in [1.165, 1.54) is 37.8 Å². The Balaban J connectivity index is 2.36. The molecule has 0 spiro atoms. The second-order valence-corrected chi connectivity index (χ2v) is 8.39. The molecular weight excluding hydrogens is 364 g/mol. The molecule has 6 nitrogen and oxygen atoms in total. The zero-order valence-electron chi connectivity index (χ0n) is 16.5. The van der Waals surface area contributed by atoms with Gasteiger partial charge in [-0.1, -0.05) is 12.1 Å². The number of nitrogens with one attached hydrogen (secondary N) is 2. The molecule has 1 amide bonds. The molecule has 0 aromatic heterocycles. The Morgan fingerprint density at radius 3 is 2.26 bits per heavy atom. The minimum atomic E-state index is -3.79. The summed E-state index contributed by atoms with van der Waals surface area (Å²) in [6.07, 6.45) is 0. The number of aryl methyl sites for hydroxylation is 3. The van der Waals surface area contributed by atoms with Gasteiger partial charge in [0.15, 0.2) is 0 Å². The van der Waals surface area contributed by atoms with Crippen molar-refractivity contribution in [2.45, 2.75) is 45.6 Å². The van der Waals surface area contributed by atoms with E-state index in [-0.39, 0.29) is 10.8 Å². The van der Waals surface area contributed by atoms with Crippen LogP contribution in [0.15, 0.2) is 35.2 Å². The van der Waals surface area contributed by atoms with E-state index in [9.17, 15) is 13.2 Å². The molecule has 0 aliphatic carbocycles. The highest BCUT2D eigenvalue weighted by molar-refractivity contribution is 7.89. The quantitative estimate of drug-likeness (QED) is 0.789. The summed E-state index contributed by atoms with van der Waals surface area (Å²) < 4.78 is 33.6. The molecular formula is C20H26N2O4S. The minimum Gasteiger partial charge on any atom is -0.495 e. The summed E-state index contributed by atoms with van der Waals surface area (Å²) in [5.41, 5.74) is 4.54. The van der Waals surface area contributed by atoms with Crippen LogP contribution in [0, 0.1) is 20.8 Å². The molecule has 2 aromatic carbocycles. The summed E-state index contributed by atoms with van der Waals surface area (Å²) in [5, 5.41) is 2.59. The van der Waals surface area contributed by atoms with Crippen molar-refractivity contribution < 1.29 is 17.9 Å². The largest absolute Gasteiger partial charge is 0.495 e. The summed E-state index contributed by atoms with van der Waals surface area (Å²) in [5.74, 6) is 0.0807. The third kappa shape index (κ3) is 4.87. The number of methoxy groups -OCH3 is 1. The van der Waals surface area contributed by atoms with Gasteiger partial charge in [0.2, 0.25) is 15.9 Å². The van der Waals surface area contributed by atoms with Crippen molar-refractivity contribution in [3.63, 3.8) is 0 Å². The standard InChI is InChI=1S/C20H26N2O4S/c1-12-9-14(3)18(10-13(12)2)15(4)22-27(24,25)17-7-8-20(26-6)19(11-17)21-16(5)23/h7-11,15,22H,1-6H3,(H,21,23)/t15-/m0/s1. The fourth-order valence-electron chi connectivity index (χ4n) is 2.96. The van der Waals surface area contributed by atoms with Crippen molar-refractivity contribution in [2.75, 3.05) is 12.4 Å². The number of amides is 1. The smallest absolute Gasteiger partial charge is 0.241 e. The maximum atomic E-state index is 12.9. The molecule has 0 unspecified atom stereocenters. The SMILES string of the molecule is COc1ccc(S(=O)(=O)N[C@@H](C)c2cc(C)c(C)cc2C)cc1NC(C)=O. The molecule has 0 aliphatic heterocycles. The Kier molecular flexibility index (Phi) is 6.28. The van der Waals surface area contributed by atoms with Gasteiger partial charge in [0, 0.05) is 13.0 Å². The van der Waals surface area contributed by atoms with Crippen LogP contribution in [-0.4, -0.2) is 21.4 Å². The molecule has 146 valence electrons. The van der Waals surface area contributed by atoms with Crippen molar-refractivity contribution in [3.05, 3.63) is 52.6 Å². The average molecular weight is 391 g/mol. The number of anilines is 1. The van der Waals surface area contributed by atoms with Crippen LogP contribution in [0.1, 0.15) is 42.1 Å². The first kappa shape index (κ1) is 20.9. The zero-order valence-corrected chi connectivity index (χ0v) is 17.3. The summed E-state index contributed by atoms with van der Waals surface area (Å²) in [6.45, 7) is 9.16. The van der Waals surface area contributed by atoms with E-state index in [2.05, 4.69) is 16.1 Å². The first-order valence-electron chi connectivity index (χ1n) is 8.61. The number of carbonyl (C=O) groups is 1. The first-order valence-corrected chi connectivity index (χ1v) is 10.1. The lowest BCUT2D eigenvalue weighted by atomic mass is 9.97. The van der Waals surface area contributed by atoms with Gasteiger partial charge in [0.1, 0.15) is 5.75 Å². The maximum Gasteiger partial charge on any atom is 0.241 e. The zero-order chi connectivity index (χ0) is 20.4. The lowest BCUT2D eigenvalue weighted by molar-refractivity contribution is -0.114. The van der Waals surface area contributed by atoms with Gasteiger partial charge in [-0.25, -0.2) is 13.1 Å². The van der Waals surface area contributed by atoms with Gasteiger partial charge in [0.25, 0.3) is 0 Å². The molecule has 0 saturated heterocycles. The maximum absolute atomic E-state index is 12.9. The number of hydrogen-bond donors (Lipinski definition) is 2. The Bertz CT molecular complexity index is 968. The molecule has 0 heterocycles. The molecule has 2 N–H and O–H groups in total. The van der Waals surface area contributed by atoms with E-state index in [0.29, 0.717) is 11.4 Å². The van der Waals surface area contributed by atoms with E-state index in [4.69, 9.17) is 4.74 Å². The van der Waals surface area contributed by atoms with Crippen LogP contribution in [0.4, 0.5) is 5.69 Å². The highest BCUT2D eigenvalue weighted by Gasteiger charge is 2.21. The van der Waals surface area contributed by atoms with Crippen molar-refractivity contribution in [2.24, 2.45) is 0 Å². The highest BCUT2D eigenvalue weighted by Crippen LogP contribution is 2.29. The second-order valence-electron chi connectivity index (χ2n) is 6.68. The normalized spacial score (nSPS) is 12.5. The van der Waals surface area contributed by atoms with E-state index in [0.717, 1.165) is 16.7 Å². The molecule has 0 saturated carbocycles. The number of hydrogen-bond acceptors (Lipinski definition) is 4. The molecule has 27 heavy (non-hydrogen) atoms. The lowest BCUT2D eigenvalue weighted by Crippen LogP contribution is -2.27. The summed E-state index contributed by atoms with van der Waals surface area (Å²) in [4.78, 5) is 11.4. The van der Waals surface area contributed by atoms with Crippen molar-refractivity contribution in [3.8, 4) is 5.75 Å². The number of ether oxygens (including phenoxy) is 1. The first-order chi connectivity index (χ1) is 12.5. The van der Waals surface area contributed by atoms with Crippen LogP contribution < -0.4 is 14.8 Å². The van der Waals surface area contributed by atoms with E-state index in [1.54, 1.807) is 0 Å². The highest BCUT2D eigenvalue weighted by atomic mass is 32.2. The number of benzene rings is 2. The van der Waals surface area contributed by atoms with Crippen LogP contribution in [0.25, 0.3) is 0 Å². The number of sulfonamides is 1. The fourth-order valence-corrected chi connectivity index (χ4v) is 4.20. The Morgan fingerprint density at radius 1 is 1.04 bits per heavy atom. The van der Waals surface area contributed by atoms with Crippen molar-refractivity contribution >= 4 is 21.6 Å². The van der Waals surface area contributed by atoms with Gasteiger partial charge in [-0.15, -0.1) is 0 Å². The van der Waals surface area contributed by atoms with Crippen LogP contribution in [0.5, 0.6) is 5.75 Å². The summed E-state index contributed by atoms with van der Waals surface area (Å²) in [7, 11) is -2.33. The van der Waals surface area contributed by atoms with E-state index in [1.807, 2.05) is 33.8 Å². The van der Waals surface area contributed by atoms with E-state index < -0.39 is 16.1 Å². The van der Waals surface area contributed by atoms with Gasteiger partial charge >= 0.3 is 0 Å². The van der Waals surface area contributed by atoms with E-state index >= 15 is 0 Å². The lowest BCUT2D eigenvalue weighted by Gasteiger charge is -2.19. The van der Waals surface area contributed by atoms with Crippen LogP contribution in [0.2, 0.25) is 0 Å². The topological polar surface area (TPSA) is 84.5 Å². The summed E-state index contributed by atoms with van der Waals surface area (Å²) >= 11 is 0. The molecule has 1 atom stereocenters. The van der Waals surface area contributed by atoms with Gasteiger partial charge in [-0.2, -0.15) is 0 Å². The van der Waals surface area contributed by atoms with Gasteiger partial charge in [0.05, 0.1) is 17.7 Å². The number of rotatable bonds is 6. The predicted molar refractivity (Wildman–Crippen MR) is 107 cm³/mol. The van der Waals surface area contributed by atoms with Gasteiger partial charge < -0.3 is 10.1 Å². The fraction of sp³-hybridized carbons (Fsp3) is 0.350. The third-order valence-electron chi connectivity index (χ3n) is 4.47. The third-order valence-corrected chi connectivity index (χ3v) is 6.01. The van der Waals surface area contributed by atoms with Gasteiger partial charge in [-0.3, -0.25) is 4.79 Å².